The monoisotopic (exact) mass is 347 g/mol. The van der Waals surface area contributed by atoms with Gasteiger partial charge in [0.15, 0.2) is 0 Å². The van der Waals surface area contributed by atoms with Crippen molar-refractivity contribution in [2.24, 2.45) is 12.5 Å². The summed E-state index contributed by atoms with van der Waals surface area (Å²) in [5, 5.41) is 4.34. The summed E-state index contributed by atoms with van der Waals surface area (Å²) >= 11 is 0. The second kappa shape index (κ2) is 6.68. The number of carbonyl (C=O) groups is 1. The third kappa shape index (κ3) is 3.19. The molecule has 7 nitrogen and oxygen atoms in total. The number of carbonyl (C=O) groups excluding carboxylic acids is 1. The average Bonchev–Trinajstić information content (AvgIpc) is 3.15. The van der Waals surface area contributed by atoms with Gasteiger partial charge in [0, 0.05) is 39.4 Å². The van der Waals surface area contributed by atoms with Crippen molar-refractivity contribution < 1.29 is 9.53 Å². The SMILES string of the molecule is Cc1nc(CN2CCC3(CCCN(C4CCOCC4)C3=O)C2)n(C)n1. The second-order valence-electron chi connectivity index (χ2n) is 7.89. The number of amides is 1. The lowest BCUT2D eigenvalue weighted by molar-refractivity contribution is -0.150. The molecule has 3 fully saturated rings. The van der Waals surface area contributed by atoms with Crippen LogP contribution < -0.4 is 0 Å². The van der Waals surface area contributed by atoms with Crippen LogP contribution in [0.5, 0.6) is 0 Å². The molecule has 1 amide bonds. The van der Waals surface area contributed by atoms with Gasteiger partial charge in [-0.1, -0.05) is 0 Å². The highest BCUT2D eigenvalue weighted by atomic mass is 16.5. The number of hydrogen-bond acceptors (Lipinski definition) is 5. The molecule has 1 atom stereocenters. The Morgan fingerprint density at radius 2 is 2.04 bits per heavy atom. The van der Waals surface area contributed by atoms with Gasteiger partial charge in [0.1, 0.15) is 11.6 Å². The minimum Gasteiger partial charge on any atom is -0.381 e. The summed E-state index contributed by atoms with van der Waals surface area (Å²) in [6, 6.07) is 0.383. The Bertz CT molecular complexity index is 639. The van der Waals surface area contributed by atoms with E-state index in [1.165, 1.54) is 0 Å². The Morgan fingerprint density at radius 3 is 2.76 bits per heavy atom. The Kier molecular flexibility index (Phi) is 4.54. The van der Waals surface area contributed by atoms with E-state index in [2.05, 4.69) is 19.9 Å². The topological polar surface area (TPSA) is 63.5 Å². The first-order valence-electron chi connectivity index (χ1n) is 9.55. The molecule has 0 aromatic carbocycles. The first-order valence-corrected chi connectivity index (χ1v) is 9.55. The largest absolute Gasteiger partial charge is 0.381 e. The van der Waals surface area contributed by atoms with Crippen molar-refractivity contribution in [1.29, 1.82) is 0 Å². The van der Waals surface area contributed by atoms with Crippen LogP contribution in [-0.2, 0) is 23.1 Å². The van der Waals surface area contributed by atoms with Gasteiger partial charge in [-0.3, -0.25) is 14.4 Å². The number of hydrogen-bond donors (Lipinski definition) is 0. The first-order chi connectivity index (χ1) is 12.1. The molecule has 0 bridgehead atoms. The van der Waals surface area contributed by atoms with Crippen molar-refractivity contribution in [2.75, 3.05) is 32.8 Å². The van der Waals surface area contributed by atoms with E-state index in [0.717, 1.165) is 83.1 Å². The van der Waals surface area contributed by atoms with Crippen molar-refractivity contribution in [3.63, 3.8) is 0 Å². The van der Waals surface area contributed by atoms with E-state index >= 15 is 0 Å². The van der Waals surface area contributed by atoms with Gasteiger partial charge in [0.05, 0.1) is 12.0 Å². The standard InChI is InChI=1S/C18H29N5O2/c1-14-19-16(21(2)20-14)12-22-9-7-18(13-22)6-3-8-23(17(18)24)15-4-10-25-11-5-15/h15H,3-13H2,1-2H3. The van der Waals surface area contributed by atoms with Crippen LogP contribution in [0.3, 0.4) is 0 Å². The molecule has 1 unspecified atom stereocenters. The fourth-order valence-corrected chi connectivity index (χ4v) is 4.81. The number of ether oxygens (including phenoxy) is 1. The van der Waals surface area contributed by atoms with Gasteiger partial charge in [-0.15, -0.1) is 0 Å². The second-order valence-corrected chi connectivity index (χ2v) is 7.89. The Labute approximate surface area is 149 Å². The fraction of sp³-hybridized carbons (Fsp3) is 0.833. The highest BCUT2D eigenvalue weighted by Gasteiger charge is 2.49. The van der Waals surface area contributed by atoms with Gasteiger partial charge in [-0.2, -0.15) is 5.10 Å². The molecule has 3 aliphatic rings. The number of likely N-dealkylation sites (tertiary alicyclic amines) is 2. The molecule has 0 saturated carbocycles. The molecule has 3 saturated heterocycles. The summed E-state index contributed by atoms with van der Waals surface area (Å²) in [6.07, 6.45) is 5.11. The predicted molar refractivity (Wildman–Crippen MR) is 92.9 cm³/mol. The lowest BCUT2D eigenvalue weighted by Gasteiger charge is -2.44. The summed E-state index contributed by atoms with van der Waals surface area (Å²) in [5.41, 5.74) is -0.176. The van der Waals surface area contributed by atoms with Crippen molar-refractivity contribution >= 4 is 5.91 Å². The van der Waals surface area contributed by atoms with E-state index in [4.69, 9.17) is 4.74 Å². The third-order valence-electron chi connectivity index (χ3n) is 6.16. The third-order valence-corrected chi connectivity index (χ3v) is 6.16. The lowest BCUT2D eigenvalue weighted by Crippen LogP contribution is -2.54. The van der Waals surface area contributed by atoms with E-state index in [1.54, 1.807) is 0 Å². The zero-order valence-electron chi connectivity index (χ0n) is 15.4. The van der Waals surface area contributed by atoms with Crippen LogP contribution in [-0.4, -0.2) is 69.4 Å². The summed E-state index contributed by atoms with van der Waals surface area (Å²) < 4.78 is 7.34. The molecule has 4 rings (SSSR count). The molecule has 3 aliphatic heterocycles. The fourth-order valence-electron chi connectivity index (χ4n) is 4.81. The number of nitrogens with zero attached hydrogens (tertiary/aromatic N) is 5. The molecule has 1 aromatic heterocycles. The van der Waals surface area contributed by atoms with Crippen LogP contribution in [0.1, 0.15) is 43.8 Å². The maximum atomic E-state index is 13.3. The van der Waals surface area contributed by atoms with Crippen molar-refractivity contribution in [3.05, 3.63) is 11.6 Å². The minimum atomic E-state index is -0.176. The lowest BCUT2D eigenvalue weighted by atomic mass is 9.77. The van der Waals surface area contributed by atoms with Crippen molar-refractivity contribution in [1.82, 2.24) is 24.6 Å². The van der Waals surface area contributed by atoms with E-state index in [1.807, 2.05) is 18.7 Å². The maximum absolute atomic E-state index is 13.3. The predicted octanol–water partition coefficient (Wildman–Crippen LogP) is 1.12. The zero-order valence-corrected chi connectivity index (χ0v) is 15.4. The number of aromatic nitrogens is 3. The van der Waals surface area contributed by atoms with Gasteiger partial charge in [0.25, 0.3) is 0 Å². The normalized spacial score (nSPS) is 29.0. The van der Waals surface area contributed by atoms with Crippen molar-refractivity contribution in [2.45, 2.75) is 51.6 Å². The maximum Gasteiger partial charge on any atom is 0.230 e. The van der Waals surface area contributed by atoms with Gasteiger partial charge in [-0.25, -0.2) is 4.98 Å². The molecule has 138 valence electrons. The smallest absolute Gasteiger partial charge is 0.230 e. The number of rotatable bonds is 3. The molecular weight excluding hydrogens is 318 g/mol. The Morgan fingerprint density at radius 1 is 1.24 bits per heavy atom. The molecule has 0 radical (unpaired) electrons. The van der Waals surface area contributed by atoms with Crippen molar-refractivity contribution in [3.8, 4) is 0 Å². The summed E-state index contributed by atoms with van der Waals surface area (Å²) in [4.78, 5) is 22.4. The van der Waals surface area contributed by atoms with Crippen LogP contribution in [0.25, 0.3) is 0 Å². The van der Waals surface area contributed by atoms with E-state index < -0.39 is 0 Å². The minimum absolute atomic E-state index is 0.176. The summed E-state index contributed by atoms with van der Waals surface area (Å²) in [7, 11) is 1.94. The number of aryl methyl sites for hydroxylation is 2. The molecule has 25 heavy (non-hydrogen) atoms. The molecule has 4 heterocycles. The van der Waals surface area contributed by atoms with Gasteiger partial charge in [-0.05, 0) is 45.6 Å². The van der Waals surface area contributed by atoms with Gasteiger partial charge >= 0.3 is 0 Å². The quantitative estimate of drug-likeness (QED) is 0.820. The Balaban J connectivity index is 1.44. The molecule has 1 aromatic rings. The Hall–Kier alpha value is -1.47. The summed E-state index contributed by atoms with van der Waals surface area (Å²) in [6.45, 7) is 7.04. The van der Waals surface area contributed by atoms with E-state index in [-0.39, 0.29) is 5.41 Å². The van der Waals surface area contributed by atoms with Crippen LogP contribution >= 0.6 is 0 Å². The first kappa shape index (κ1) is 17.0. The molecule has 1 spiro atoms. The highest BCUT2D eigenvalue weighted by Crippen LogP contribution is 2.41. The van der Waals surface area contributed by atoms with E-state index in [9.17, 15) is 4.79 Å². The highest BCUT2D eigenvalue weighted by molar-refractivity contribution is 5.84. The molecule has 0 N–H and O–H groups in total. The van der Waals surface area contributed by atoms with Crippen LogP contribution in [0.15, 0.2) is 0 Å². The van der Waals surface area contributed by atoms with Crippen LogP contribution in [0.2, 0.25) is 0 Å². The average molecular weight is 347 g/mol. The van der Waals surface area contributed by atoms with E-state index in [0.29, 0.717) is 11.9 Å². The van der Waals surface area contributed by atoms with Gasteiger partial charge in [0.2, 0.25) is 5.91 Å². The summed E-state index contributed by atoms with van der Waals surface area (Å²) in [5.74, 6) is 2.19. The molecule has 7 heteroatoms. The van der Waals surface area contributed by atoms with Crippen LogP contribution in [0.4, 0.5) is 0 Å². The number of piperidine rings is 1. The van der Waals surface area contributed by atoms with Crippen LogP contribution in [0, 0.1) is 12.3 Å². The molecule has 0 aliphatic carbocycles. The van der Waals surface area contributed by atoms with Gasteiger partial charge < -0.3 is 9.64 Å². The zero-order chi connectivity index (χ0) is 17.4. The molecular formula is C18H29N5O2.